The van der Waals surface area contributed by atoms with E-state index in [1.807, 2.05) is 0 Å². The summed E-state index contributed by atoms with van der Waals surface area (Å²) in [6, 6.07) is 16.0. The van der Waals surface area contributed by atoms with Crippen molar-refractivity contribution in [2.24, 2.45) is 28.2 Å². The Morgan fingerprint density at radius 3 is 2.13 bits per heavy atom. The first kappa shape index (κ1) is 27.3. The number of para-hydroxylation sites is 3. The highest BCUT2D eigenvalue weighted by atomic mass is 127. The molecule has 1 atom stereocenters. The molecule has 0 unspecified atom stereocenters. The second kappa shape index (κ2) is 10.5. The van der Waals surface area contributed by atoms with Gasteiger partial charge < -0.3 is 28.7 Å². The van der Waals surface area contributed by atoms with Crippen LogP contribution in [0.15, 0.2) is 53.8 Å². The molecule has 0 N–H and O–H groups in total. The summed E-state index contributed by atoms with van der Waals surface area (Å²) in [6.07, 6.45) is 11.8. The maximum absolute atomic E-state index is 6.42. The number of aryl methyl sites for hydroxylation is 1. The Balaban J connectivity index is 0.00000277. The lowest BCUT2D eigenvalue weighted by Crippen LogP contribution is -3.00. The largest absolute Gasteiger partial charge is 1.00 e. The van der Waals surface area contributed by atoms with E-state index in [1.165, 1.54) is 66.4 Å². The molecular formula is C34H44IN3O. The lowest BCUT2D eigenvalue weighted by molar-refractivity contribution is -0.672. The molecule has 1 aliphatic heterocycles. The molecule has 2 aromatic carbocycles. The van der Waals surface area contributed by atoms with E-state index >= 15 is 0 Å². The lowest BCUT2D eigenvalue weighted by Gasteiger charge is -2.56. The maximum atomic E-state index is 6.42. The number of ether oxygens (including phenoxy) is 1. The topological polar surface area (TPSA) is 30.4 Å². The smallest absolute Gasteiger partial charge is 0.250 e. The van der Waals surface area contributed by atoms with Crippen molar-refractivity contribution in [1.82, 2.24) is 4.57 Å². The zero-order chi connectivity index (χ0) is 26.0. The second-order valence-corrected chi connectivity index (χ2v) is 13.6. The van der Waals surface area contributed by atoms with Crippen LogP contribution in [0.5, 0.6) is 0 Å². The molecule has 208 valence electrons. The van der Waals surface area contributed by atoms with Gasteiger partial charge in [0.25, 0.3) is 0 Å². The molecule has 4 saturated carbocycles. The molecule has 8 rings (SSSR count). The van der Waals surface area contributed by atoms with Gasteiger partial charge in [0.2, 0.25) is 6.33 Å². The zero-order valence-corrected chi connectivity index (χ0v) is 26.2. The number of aliphatic imine (C=N–C) groups is 1. The van der Waals surface area contributed by atoms with Crippen LogP contribution in [0.1, 0.15) is 95.6 Å². The molecule has 5 heteroatoms. The number of aromatic nitrogens is 2. The number of imidazole rings is 1. The molecule has 0 spiro atoms. The zero-order valence-electron chi connectivity index (χ0n) is 24.1. The van der Waals surface area contributed by atoms with Gasteiger partial charge in [-0.15, -0.1) is 0 Å². The molecule has 4 bridgehead atoms. The number of benzene rings is 2. The normalized spacial score (nSPS) is 29.2. The van der Waals surface area contributed by atoms with Gasteiger partial charge in [0, 0.05) is 23.0 Å². The Bertz CT molecular complexity index is 1320. The van der Waals surface area contributed by atoms with Crippen molar-refractivity contribution in [2.45, 2.75) is 97.1 Å². The number of hydrogen-bond donors (Lipinski definition) is 0. The number of halogens is 1. The fraction of sp³-hybridized carbons (Fsp3) is 0.588. The average molecular weight is 638 g/mol. The van der Waals surface area contributed by atoms with Gasteiger partial charge in [-0.1, -0.05) is 58.0 Å². The van der Waals surface area contributed by atoms with E-state index in [2.05, 4.69) is 85.6 Å². The molecule has 39 heavy (non-hydrogen) atoms. The third kappa shape index (κ3) is 4.74. The predicted octanol–water partition coefficient (Wildman–Crippen LogP) is 4.57. The summed E-state index contributed by atoms with van der Waals surface area (Å²) >= 11 is 0. The standard InChI is InChI=1S/C34H44N3O.HI/c1-22(2)28-8-7-9-29(23(3)4)32(28)37-21-36(30-10-5-6-11-31(30)37)13-12-27-20-38-33(35-27)34-17-24-14-25(18-34)16-26(15-24)19-34;/h5-11,21-27H,12-20H2,1-4H3;1H/q+1;/p-1/t24?,25?,26?,27-,34?;/m0./s1. The summed E-state index contributed by atoms with van der Waals surface area (Å²) in [5.41, 5.74) is 7.04. The fourth-order valence-electron chi connectivity index (χ4n) is 8.83. The molecule has 0 amide bonds. The minimum absolute atomic E-state index is 0. The van der Waals surface area contributed by atoms with Crippen molar-refractivity contribution in [1.29, 1.82) is 0 Å². The van der Waals surface area contributed by atoms with Crippen molar-refractivity contribution in [3.05, 3.63) is 59.9 Å². The molecule has 2 heterocycles. The minimum Gasteiger partial charge on any atom is -1.00 e. The molecule has 4 nitrogen and oxygen atoms in total. The van der Waals surface area contributed by atoms with Crippen LogP contribution in [0.4, 0.5) is 0 Å². The Labute approximate surface area is 251 Å². The van der Waals surface area contributed by atoms with Gasteiger partial charge in [-0.3, -0.25) is 0 Å². The van der Waals surface area contributed by atoms with E-state index in [1.54, 1.807) is 0 Å². The number of rotatable bonds is 7. The molecule has 3 aromatic rings. The fourth-order valence-corrected chi connectivity index (χ4v) is 8.83. The van der Waals surface area contributed by atoms with E-state index in [9.17, 15) is 0 Å². The van der Waals surface area contributed by atoms with Crippen LogP contribution in [-0.4, -0.2) is 23.1 Å². The molecule has 0 saturated heterocycles. The minimum atomic E-state index is 0. The van der Waals surface area contributed by atoms with Crippen LogP contribution >= 0.6 is 0 Å². The van der Waals surface area contributed by atoms with E-state index < -0.39 is 0 Å². The highest BCUT2D eigenvalue weighted by Crippen LogP contribution is 2.61. The molecular weight excluding hydrogens is 593 g/mol. The summed E-state index contributed by atoms with van der Waals surface area (Å²) in [7, 11) is 0. The van der Waals surface area contributed by atoms with Gasteiger partial charge in [0.15, 0.2) is 16.9 Å². The van der Waals surface area contributed by atoms with Crippen LogP contribution < -0.4 is 28.5 Å². The highest BCUT2D eigenvalue weighted by Gasteiger charge is 2.55. The summed E-state index contributed by atoms with van der Waals surface area (Å²) in [6.45, 7) is 11.0. The van der Waals surface area contributed by atoms with Crippen LogP contribution in [0.2, 0.25) is 0 Å². The predicted molar refractivity (Wildman–Crippen MR) is 154 cm³/mol. The van der Waals surface area contributed by atoms with E-state index in [-0.39, 0.29) is 35.4 Å². The number of nitrogens with zero attached hydrogens (tertiary/aromatic N) is 3. The van der Waals surface area contributed by atoms with Crippen molar-refractivity contribution in [3.63, 3.8) is 0 Å². The Morgan fingerprint density at radius 2 is 1.51 bits per heavy atom. The molecule has 1 aromatic heterocycles. The van der Waals surface area contributed by atoms with Gasteiger partial charge in [-0.25, -0.2) is 9.56 Å². The maximum Gasteiger partial charge on any atom is 0.250 e. The van der Waals surface area contributed by atoms with Crippen LogP contribution in [0, 0.1) is 23.2 Å². The molecule has 5 aliphatic rings. The van der Waals surface area contributed by atoms with Gasteiger partial charge >= 0.3 is 0 Å². The Morgan fingerprint density at radius 1 is 0.897 bits per heavy atom. The lowest BCUT2D eigenvalue weighted by atomic mass is 9.49. The third-order valence-electron chi connectivity index (χ3n) is 10.2. The summed E-state index contributed by atoms with van der Waals surface area (Å²) < 4.78 is 11.3. The SMILES string of the molecule is CC(C)c1cccc(C(C)C)c1-n1c[n+](CC[C@H]2COC(C34CC5CC(CC(C5)C3)C4)=N2)c2ccccc21.[I-]. The van der Waals surface area contributed by atoms with E-state index in [0.717, 1.165) is 43.2 Å². The van der Waals surface area contributed by atoms with Crippen LogP contribution in [-0.2, 0) is 11.3 Å². The van der Waals surface area contributed by atoms with Gasteiger partial charge in [0.05, 0.1) is 12.6 Å². The summed E-state index contributed by atoms with van der Waals surface area (Å²) in [5.74, 6) is 4.85. The third-order valence-corrected chi connectivity index (χ3v) is 10.2. The average Bonchev–Trinajstić information content (AvgIpc) is 3.52. The van der Waals surface area contributed by atoms with Crippen molar-refractivity contribution < 1.29 is 33.3 Å². The first-order chi connectivity index (χ1) is 18.4. The molecule has 4 fully saturated rings. The first-order valence-corrected chi connectivity index (χ1v) is 15.2. The van der Waals surface area contributed by atoms with Gasteiger partial charge in [0.1, 0.15) is 12.3 Å². The Kier molecular flexibility index (Phi) is 7.35. The number of hydrogen-bond acceptors (Lipinski definition) is 2. The second-order valence-electron chi connectivity index (χ2n) is 13.6. The van der Waals surface area contributed by atoms with Crippen molar-refractivity contribution >= 4 is 16.9 Å². The quantitative estimate of drug-likeness (QED) is 0.276. The number of fused-ring (bicyclic) bond motifs is 1. The van der Waals surface area contributed by atoms with E-state index in [0.29, 0.717) is 11.8 Å². The molecule has 0 radical (unpaired) electrons. The highest BCUT2D eigenvalue weighted by molar-refractivity contribution is 5.84. The summed E-state index contributed by atoms with van der Waals surface area (Å²) in [4.78, 5) is 5.29. The van der Waals surface area contributed by atoms with Crippen LogP contribution in [0.25, 0.3) is 16.7 Å². The Hall–Kier alpha value is -1.89. The summed E-state index contributed by atoms with van der Waals surface area (Å²) in [5, 5.41) is 0. The van der Waals surface area contributed by atoms with Crippen molar-refractivity contribution in [3.8, 4) is 5.69 Å². The van der Waals surface area contributed by atoms with E-state index in [4.69, 9.17) is 9.73 Å². The first-order valence-electron chi connectivity index (χ1n) is 15.2. The van der Waals surface area contributed by atoms with Gasteiger partial charge in [-0.2, -0.15) is 4.57 Å². The van der Waals surface area contributed by atoms with Crippen molar-refractivity contribution in [2.75, 3.05) is 6.61 Å². The monoisotopic (exact) mass is 637 g/mol. The van der Waals surface area contributed by atoms with Gasteiger partial charge in [-0.05, 0) is 80.2 Å². The molecule has 4 aliphatic carbocycles. The van der Waals surface area contributed by atoms with Crippen LogP contribution in [0.3, 0.4) is 0 Å².